The molecule has 0 aliphatic heterocycles. The lowest BCUT2D eigenvalue weighted by Crippen LogP contribution is -2.13. The number of nitrogen functional groups attached to an aromatic ring is 1. The van der Waals surface area contributed by atoms with Gasteiger partial charge in [-0.05, 0) is 31.0 Å². The summed E-state index contributed by atoms with van der Waals surface area (Å²) in [7, 11) is 0. The second-order valence-corrected chi connectivity index (χ2v) is 5.83. The summed E-state index contributed by atoms with van der Waals surface area (Å²) in [6.07, 6.45) is 2.39. The second-order valence-electron chi connectivity index (χ2n) is 4.54. The van der Waals surface area contributed by atoms with Crippen LogP contribution in [0, 0.1) is 0 Å². The molecule has 98 valence electrons. The number of anilines is 2. The fraction of sp³-hybridized carbons (Fsp3) is 0.231. The average molecular weight is 294 g/mol. The highest BCUT2D eigenvalue weighted by atomic mass is 35.5. The van der Waals surface area contributed by atoms with E-state index in [2.05, 4.69) is 10.3 Å². The molecule has 4 nitrogen and oxygen atoms in total. The summed E-state index contributed by atoms with van der Waals surface area (Å²) < 4.78 is 0. The fourth-order valence-electron chi connectivity index (χ4n) is 1.80. The standard InChI is InChI=1S/C13H12ClN3OS/c14-8-3-4-10(15)9(5-8)12(18)17-13-16-11(6-19-13)7-1-2-7/h3-7H,1-2,15H2,(H,16,17,18). The zero-order chi connectivity index (χ0) is 13.4. The molecular formula is C13H12ClN3OS. The smallest absolute Gasteiger partial charge is 0.259 e. The predicted molar refractivity (Wildman–Crippen MR) is 77.9 cm³/mol. The van der Waals surface area contributed by atoms with Gasteiger partial charge in [-0.15, -0.1) is 11.3 Å². The molecule has 1 aliphatic rings. The van der Waals surface area contributed by atoms with Gasteiger partial charge in [-0.2, -0.15) is 0 Å². The van der Waals surface area contributed by atoms with Crippen LogP contribution in [-0.2, 0) is 0 Å². The predicted octanol–water partition coefficient (Wildman–Crippen LogP) is 3.51. The molecule has 0 radical (unpaired) electrons. The van der Waals surface area contributed by atoms with Gasteiger partial charge in [0, 0.05) is 22.0 Å². The molecule has 0 saturated heterocycles. The number of nitrogens with two attached hydrogens (primary N) is 1. The number of nitrogens with one attached hydrogen (secondary N) is 1. The van der Waals surface area contributed by atoms with Gasteiger partial charge in [0.2, 0.25) is 0 Å². The molecule has 0 unspecified atom stereocenters. The average Bonchev–Trinajstić information content (AvgIpc) is 3.13. The van der Waals surface area contributed by atoms with Crippen molar-refractivity contribution in [1.29, 1.82) is 0 Å². The van der Waals surface area contributed by atoms with Crippen LogP contribution in [0.2, 0.25) is 5.02 Å². The van der Waals surface area contributed by atoms with Gasteiger partial charge in [0.05, 0.1) is 11.3 Å². The Balaban J connectivity index is 1.77. The summed E-state index contributed by atoms with van der Waals surface area (Å²) >= 11 is 7.30. The quantitative estimate of drug-likeness (QED) is 0.851. The third-order valence-electron chi connectivity index (χ3n) is 3.00. The molecule has 1 amide bonds. The van der Waals surface area contributed by atoms with E-state index in [1.165, 1.54) is 24.2 Å². The van der Waals surface area contributed by atoms with Gasteiger partial charge in [-0.25, -0.2) is 4.98 Å². The Morgan fingerprint density at radius 2 is 2.26 bits per heavy atom. The lowest BCUT2D eigenvalue weighted by Gasteiger charge is -2.05. The maximum atomic E-state index is 12.1. The van der Waals surface area contributed by atoms with Gasteiger partial charge in [-0.1, -0.05) is 11.6 Å². The Kier molecular flexibility index (Phi) is 3.16. The number of hydrogen-bond donors (Lipinski definition) is 2. The first kappa shape index (κ1) is 12.4. The lowest BCUT2D eigenvalue weighted by atomic mass is 10.2. The molecule has 1 aliphatic carbocycles. The molecule has 19 heavy (non-hydrogen) atoms. The molecule has 1 aromatic heterocycles. The zero-order valence-corrected chi connectivity index (χ0v) is 11.6. The Morgan fingerprint density at radius 3 is 3.00 bits per heavy atom. The first-order valence-electron chi connectivity index (χ1n) is 5.95. The number of nitrogens with zero attached hydrogens (tertiary/aromatic N) is 1. The van der Waals surface area contributed by atoms with Gasteiger partial charge in [0.25, 0.3) is 5.91 Å². The maximum absolute atomic E-state index is 12.1. The van der Waals surface area contributed by atoms with Crippen LogP contribution in [-0.4, -0.2) is 10.9 Å². The van der Waals surface area contributed by atoms with Crippen LogP contribution in [0.15, 0.2) is 23.6 Å². The van der Waals surface area contributed by atoms with E-state index in [4.69, 9.17) is 17.3 Å². The summed E-state index contributed by atoms with van der Waals surface area (Å²) in [5.41, 5.74) is 7.61. The summed E-state index contributed by atoms with van der Waals surface area (Å²) in [6, 6.07) is 4.83. The van der Waals surface area contributed by atoms with E-state index >= 15 is 0 Å². The molecule has 2 aromatic rings. The highest BCUT2D eigenvalue weighted by molar-refractivity contribution is 7.14. The third kappa shape index (κ3) is 2.72. The Morgan fingerprint density at radius 1 is 1.47 bits per heavy atom. The van der Waals surface area contributed by atoms with Gasteiger partial charge >= 0.3 is 0 Å². The Hall–Kier alpha value is -1.59. The normalized spacial score (nSPS) is 14.4. The van der Waals surface area contributed by atoms with Gasteiger partial charge in [0.1, 0.15) is 0 Å². The number of carbonyl (C=O) groups excluding carboxylic acids is 1. The second kappa shape index (κ2) is 4.83. The fourth-order valence-corrected chi connectivity index (χ4v) is 2.76. The summed E-state index contributed by atoms with van der Waals surface area (Å²) in [5.74, 6) is 0.301. The van der Waals surface area contributed by atoms with E-state index in [1.807, 2.05) is 5.38 Å². The Bertz CT molecular complexity index is 637. The van der Waals surface area contributed by atoms with Crippen LogP contribution < -0.4 is 11.1 Å². The minimum absolute atomic E-state index is 0.281. The topological polar surface area (TPSA) is 68.0 Å². The molecule has 1 heterocycles. The van der Waals surface area contributed by atoms with Crippen molar-refractivity contribution < 1.29 is 4.79 Å². The van der Waals surface area contributed by atoms with Gasteiger partial charge < -0.3 is 5.73 Å². The van der Waals surface area contributed by atoms with E-state index in [1.54, 1.807) is 18.2 Å². The zero-order valence-electron chi connectivity index (χ0n) is 10.0. The van der Waals surface area contributed by atoms with E-state index < -0.39 is 0 Å². The summed E-state index contributed by atoms with van der Waals surface area (Å²) in [5, 5.41) is 5.84. The molecule has 1 aromatic carbocycles. The number of amides is 1. The van der Waals surface area contributed by atoms with Crippen molar-refractivity contribution in [2.45, 2.75) is 18.8 Å². The molecule has 1 saturated carbocycles. The SMILES string of the molecule is Nc1ccc(Cl)cc1C(=O)Nc1nc(C2CC2)cs1. The summed E-state index contributed by atoms with van der Waals surface area (Å²) in [6.45, 7) is 0. The van der Waals surface area contributed by atoms with Crippen LogP contribution in [0.1, 0.15) is 34.8 Å². The van der Waals surface area contributed by atoms with Crippen molar-refractivity contribution in [1.82, 2.24) is 4.98 Å². The van der Waals surface area contributed by atoms with Crippen LogP contribution in [0.25, 0.3) is 0 Å². The van der Waals surface area contributed by atoms with Crippen molar-refractivity contribution in [2.75, 3.05) is 11.1 Å². The number of hydrogen-bond acceptors (Lipinski definition) is 4. The molecule has 6 heteroatoms. The molecule has 0 spiro atoms. The van der Waals surface area contributed by atoms with Crippen molar-refractivity contribution in [2.24, 2.45) is 0 Å². The number of carbonyl (C=O) groups is 1. The van der Waals surface area contributed by atoms with E-state index in [9.17, 15) is 4.79 Å². The number of benzene rings is 1. The third-order valence-corrected chi connectivity index (χ3v) is 4.01. The van der Waals surface area contributed by atoms with E-state index in [0.717, 1.165) is 5.69 Å². The van der Waals surface area contributed by atoms with E-state index in [0.29, 0.717) is 27.3 Å². The number of rotatable bonds is 3. The van der Waals surface area contributed by atoms with Crippen molar-refractivity contribution in [3.63, 3.8) is 0 Å². The van der Waals surface area contributed by atoms with Gasteiger partial charge in [0.15, 0.2) is 5.13 Å². The Labute approximate surface area is 119 Å². The number of thiazole rings is 1. The van der Waals surface area contributed by atoms with Crippen LogP contribution in [0.3, 0.4) is 0 Å². The van der Waals surface area contributed by atoms with Crippen molar-refractivity contribution in [3.8, 4) is 0 Å². The first-order valence-corrected chi connectivity index (χ1v) is 7.21. The molecule has 3 rings (SSSR count). The monoisotopic (exact) mass is 293 g/mol. The van der Waals surface area contributed by atoms with Crippen LogP contribution in [0.4, 0.5) is 10.8 Å². The highest BCUT2D eigenvalue weighted by Crippen LogP contribution is 2.40. The van der Waals surface area contributed by atoms with Crippen molar-refractivity contribution in [3.05, 3.63) is 39.9 Å². The minimum Gasteiger partial charge on any atom is -0.398 e. The summed E-state index contributed by atoms with van der Waals surface area (Å²) in [4.78, 5) is 16.5. The van der Waals surface area contributed by atoms with Crippen LogP contribution >= 0.6 is 22.9 Å². The molecule has 1 fully saturated rings. The number of halogens is 1. The molecule has 0 bridgehead atoms. The highest BCUT2D eigenvalue weighted by Gasteiger charge is 2.26. The van der Waals surface area contributed by atoms with Gasteiger partial charge in [-0.3, -0.25) is 10.1 Å². The van der Waals surface area contributed by atoms with Crippen LogP contribution in [0.5, 0.6) is 0 Å². The molecule has 0 atom stereocenters. The minimum atomic E-state index is -0.281. The first-order chi connectivity index (χ1) is 9.13. The molecule has 3 N–H and O–H groups in total. The van der Waals surface area contributed by atoms with Crippen molar-refractivity contribution >= 4 is 39.7 Å². The maximum Gasteiger partial charge on any atom is 0.259 e. The number of aromatic nitrogens is 1. The lowest BCUT2D eigenvalue weighted by molar-refractivity contribution is 0.102. The van der Waals surface area contributed by atoms with E-state index in [-0.39, 0.29) is 5.91 Å². The molecular weight excluding hydrogens is 282 g/mol. The largest absolute Gasteiger partial charge is 0.398 e.